The molecule has 0 saturated carbocycles. The van der Waals surface area contributed by atoms with Gasteiger partial charge in [0.25, 0.3) is 0 Å². The van der Waals surface area contributed by atoms with Crippen LogP contribution in [0.1, 0.15) is 18.3 Å². The van der Waals surface area contributed by atoms with Gasteiger partial charge in [-0.2, -0.15) is 5.10 Å². The predicted octanol–water partition coefficient (Wildman–Crippen LogP) is 1.32. The summed E-state index contributed by atoms with van der Waals surface area (Å²) >= 11 is 6.06. The molecule has 0 aliphatic heterocycles. The molecule has 1 rings (SSSR count). The molecule has 1 aromatic rings. The van der Waals surface area contributed by atoms with E-state index in [1.54, 1.807) is 4.68 Å². The number of aryl methyl sites for hydroxylation is 2. The number of ether oxygens (including phenoxy) is 1. The van der Waals surface area contributed by atoms with Crippen molar-refractivity contribution in [2.45, 2.75) is 26.4 Å². The molecule has 86 valence electrons. The number of aliphatic hydroxyl groups is 1. The van der Waals surface area contributed by atoms with Crippen LogP contribution in [0.4, 0.5) is 0 Å². The van der Waals surface area contributed by atoms with Gasteiger partial charge in [-0.15, -0.1) is 0 Å². The zero-order valence-electron chi connectivity index (χ0n) is 9.33. The summed E-state index contributed by atoms with van der Waals surface area (Å²) in [6.07, 6.45) is -0.0619. The van der Waals surface area contributed by atoms with Crippen molar-refractivity contribution in [2.24, 2.45) is 7.05 Å². The predicted molar refractivity (Wildman–Crippen MR) is 59.2 cm³/mol. The highest BCUT2D eigenvalue weighted by Crippen LogP contribution is 2.20. The fourth-order valence-electron chi connectivity index (χ4n) is 1.44. The van der Waals surface area contributed by atoms with Crippen LogP contribution in [0.3, 0.4) is 0 Å². The molecule has 0 fully saturated rings. The first-order valence-corrected chi connectivity index (χ1v) is 5.37. The van der Waals surface area contributed by atoms with Gasteiger partial charge in [-0.3, -0.25) is 4.68 Å². The summed E-state index contributed by atoms with van der Waals surface area (Å²) in [7, 11) is 1.82. The van der Waals surface area contributed by atoms with Crippen molar-refractivity contribution in [3.63, 3.8) is 0 Å². The zero-order valence-corrected chi connectivity index (χ0v) is 10.1. The van der Waals surface area contributed by atoms with Gasteiger partial charge in [0, 0.05) is 20.1 Å². The molecular weight excluding hydrogens is 216 g/mol. The summed E-state index contributed by atoms with van der Waals surface area (Å²) in [5.41, 5.74) is 1.64. The van der Waals surface area contributed by atoms with Gasteiger partial charge in [0.1, 0.15) is 0 Å². The minimum atomic E-state index is -0.530. The maximum Gasteiger partial charge on any atom is 0.0847 e. The second kappa shape index (κ2) is 5.49. The van der Waals surface area contributed by atoms with Crippen LogP contribution in [0, 0.1) is 6.92 Å². The Kier molecular flexibility index (Phi) is 4.57. The van der Waals surface area contributed by atoms with Gasteiger partial charge in [-0.25, -0.2) is 0 Å². The fourth-order valence-corrected chi connectivity index (χ4v) is 1.68. The summed E-state index contributed by atoms with van der Waals surface area (Å²) in [4.78, 5) is 0. The van der Waals surface area contributed by atoms with Crippen molar-refractivity contribution < 1.29 is 9.84 Å². The molecule has 0 aliphatic rings. The molecule has 0 bridgehead atoms. The Balaban J connectivity index is 2.63. The molecule has 4 nitrogen and oxygen atoms in total. The van der Waals surface area contributed by atoms with E-state index < -0.39 is 6.10 Å². The lowest BCUT2D eigenvalue weighted by Crippen LogP contribution is -2.19. The third-order valence-electron chi connectivity index (χ3n) is 2.20. The average Bonchev–Trinajstić information content (AvgIpc) is 2.42. The van der Waals surface area contributed by atoms with E-state index in [0.717, 1.165) is 11.4 Å². The van der Waals surface area contributed by atoms with Gasteiger partial charge in [0.15, 0.2) is 0 Å². The summed E-state index contributed by atoms with van der Waals surface area (Å²) in [5, 5.41) is 14.5. The van der Waals surface area contributed by atoms with Crippen molar-refractivity contribution >= 4 is 11.6 Å². The molecule has 1 unspecified atom stereocenters. The Morgan fingerprint density at radius 3 is 2.73 bits per heavy atom. The van der Waals surface area contributed by atoms with Gasteiger partial charge in [0.05, 0.1) is 29.1 Å². The van der Waals surface area contributed by atoms with Crippen molar-refractivity contribution in [1.82, 2.24) is 9.78 Å². The van der Waals surface area contributed by atoms with Gasteiger partial charge >= 0.3 is 0 Å². The largest absolute Gasteiger partial charge is 0.390 e. The molecule has 15 heavy (non-hydrogen) atoms. The minimum absolute atomic E-state index is 0.330. The molecule has 5 heteroatoms. The second-order valence-corrected chi connectivity index (χ2v) is 3.87. The van der Waals surface area contributed by atoms with Crippen molar-refractivity contribution in [3.8, 4) is 0 Å². The SMILES string of the molecule is CCOCC(O)Cc1c(Cl)c(C)nn1C. The van der Waals surface area contributed by atoms with Gasteiger partial charge in [0.2, 0.25) is 0 Å². The second-order valence-electron chi connectivity index (χ2n) is 3.49. The topological polar surface area (TPSA) is 47.3 Å². The summed E-state index contributed by atoms with van der Waals surface area (Å²) in [6, 6.07) is 0. The number of rotatable bonds is 5. The van der Waals surface area contributed by atoms with Crippen LogP contribution < -0.4 is 0 Å². The van der Waals surface area contributed by atoms with Crippen LogP contribution in [-0.2, 0) is 18.2 Å². The van der Waals surface area contributed by atoms with Crippen molar-refractivity contribution in [2.75, 3.05) is 13.2 Å². The lowest BCUT2D eigenvalue weighted by Gasteiger charge is -2.10. The molecule has 0 amide bonds. The Labute approximate surface area is 94.8 Å². The molecule has 0 saturated heterocycles. The van der Waals surface area contributed by atoms with E-state index in [1.165, 1.54) is 0 Å². The average molecular weight is 233 g/mol. The Morgan fingerprint density at radius 2 is 2.27 bits per heavy atom. The monoisotopic (exact) mass is 232 g/mol. The summed E-state index contributed by atoms with van der Waals surface area (Å²) in [5.74, 6) is 0. The van der Waals surface area contributed by atoms with E-state index in [-0.39, 0.29) is 0 Å². The Hall–Kier alpha value is -0.580. The highest BCUT2D eigenvalue weighted by molar-refractivity contribution is 6.31. The molecule has 0 aromatic carbocycles. The van der Waals surface area contributed by atoms with E-state index in [0.29, 0.717) is 24.7 Å². The highest BCUT2D eigenvalue weighted by atomic mass is 35.5. The van der Waals surface area contributed by atoms with Crippen LogP contribution in [0.5, 0.6) is 0 Å². The molecule has 0 aliphatic carbocycles. The lowest BCUT2D eigenvalue weighted by atomic mass is 10.2. The van der Waals surface area contributed by atoms with Crippen LogP contribution in [0.2, 0.25) is 5.02 Å². The minimum Gasteiger partial charge on any atom is -0.390 e. The first-order chi connectivity index (χ1) is 7.06. The van der Waals surface area contributed by atoms with E-state index in [9.17, 15) is 5.11 Å². The number of aromatic nitrogens is 2. The van der Waals surface area contributed by atoms with Crippen molar-refractivity contribution in [3.05, 3.63) is 16.4 Å². The molecule has 1 atom stereocenters. The van der Waals surface area contributed by atoms with Crippen LogP contribution in [-0.4, -0.2) is 34.2 Å². The van der Waals surface area contributed by atoms with Crippen LogP contribution >= 0.6 is 11.6 Å². The molecule has 0 spiro atoms. The lowest BCUT2D eigenvalue weighted by molar-refractivity contribution is 0.0421. The first kappa shape index (κ1) is 12.5. The maximum atomic E-state index is 9.67. The molecule has 1 heterocycles. The first-order valence-electron chi connectivity index (χ1n) is 5.00. The van der Waals surface area contributed by atoms with Gasteiger partial charge in [-0.05, 0) is 13.8 Å². The molecular formula is C10H17ClN2O2. The fraction of sp³-hybridized carbons (Fsp3) is 0.700. The van der Waals surface area contributed by atoms with E-state index >= 15 is 0 Å². The molecule has 1 N–H and O–H groups in total. The standard InChI is InChI=1S/C10H17ClN2O2/c1-4-15-6-8(14)5-9-10(11)7(2)12-13(9)3/h8,14H,4-6H2,1-3H3. The van der Waals surface area contributed by atoms with Crippen molar-refractivity contribution in [1.29, 1.82) is 0 Å². The summed E-state index contributed by atoms with van der Waals surface area (Å²) < 4.78 is 6.83. The number of halogens is 1. The Morgan fingerprint density at radius 1 is 1.60 bits per heavy atom. The quantitative estimate of drug-likeness (QED) is 0.833. The van der Waals surface area contributed by atoms with Gasteiger partial charge < -0.3 is 9.84 Å². The smallest absolute Gasteiger partial charge is 0.0847 e. The highest BCUT2D eigenvalue weighted by Gasteiger charge is 2.15. The van der Waals surface area contributed by atoms with E-state index in [2.05, 4.69) is 5.10 Å². The Bertz CT molecular complexity index is 325. The van der Waals surface area contributed by atoms with Crippen LogP contribution in [0.25, 0.3) is 0 Å². The number of hydrogen-bond donors (Lipinski definition) is 1. The maximum absolute atomic E-state index is 9.67. The zero-order chi connectivity index (χ0) is 11.4. The molecule has 0 radical (unpaired) electrons. The number of aliphatic hydroxyl groups excluding tert-OH is 1. The number of hydrogen-bond acceptors (Lipinski definition) is 3. The van der Waals surface area contributed by atoms with Crippen LogP contribution in [0.15, 0.2) is 0 Å². The number of nitrogens with zero attached hydrogens (tertiary/aromatic N) is 2. The van der Waals surface area contributed by atoms with E-state index in [1.807, 2.05) is 20.9 Å². The normalized spacial score (nSPS) is 13.1. The third-order valence-corrected chi connectivity index (χ3v) is 2.70. The third kappa shape index (κ3) is 3.19. The summed E-state index contributed by atoms with van der Waals surface area (Å²) in [6.45, 7) is 4.68. The molecule has 1 aromatic heterocycles. The van der Waals surface area contributed by atoms with E-state index in [4.69, 9.17) is 16.3 Å². The van der Waals surface area contributed by atoms with Gasteiger partial charge in [-0.1, -0.05) is 11.6 Å².